The molecule has 3 aromatic carbocycles. The van der Waals surface area contributed by atoms with Gasteiger partial charge >= 0.3 is 18.4 Å². The molecule has 11 nitrogen and oxygen atoms in total. The summed E-state index contributed by atoms with van der Waals surface area (Å²) in [5.41, 5.74) is -1.23. The van der Waals surface area contributed by atoms with E-state index in [-0.39, 0.29) is 18.5 Å². The molecule has 1 unspecified atom stereocenters. The molecule has 1 fully saturated rings. The number of aliphatic imine (C=N–C) groups is 1. The fourth-order valence-electron chi connectivity index (χ4n) is 5.15. The van der Waals surface area contributed by atoms with Gasteiger partial charge in [-0.3, -0.25) is 5.32 Å². The van der Waals surface area contributed by atoms with Crippen molar-refractivity contribution in [2.24, 2.45) is 4.99 Å². The Kier molecular flexibility index (Phi) is 9.88. The molecule has 0 spiro atoms. The van der Waals surface area contributed by atoms with E-state index in [1.54, 1.807) is 64.6 Å². The lowest BCUT2D eigenvalue weighted by atomic mass is 10.1. The van der Waals surface area contributed by atoms with Crippen molar-refractivity contribution in [2.45, 2.75) is 84.4 Å². The van der Waals surface area contributed by atoms with E-state index in [4.69, 9.17) is 18.7 Å². The number of rotatable bonds is 5. The smallest absolute Gasteiger partial charge is 0.437 e. The third-order valence-electron chi connectivity index (χ3n) is 7.18. The van der Waals surface area contributed by atoms with Crippen molar-refractivity contribution in [3.05, 3.63) is 77.7 Å². The molecule has 1 atom stereocenters. The number of nitrogens with zero attached hydrogens (tertiary/aromatic N) is 4. The highest BCUT2D eigenvalue weighted by atomic mass is 19.4. The number of benzene rings is 3. The minimum absolute atomic E-state index is 0.0190. The molecule has 2 amide bonds. The zero-order chi connectivity index (χ0) is 35.6. The maximum absolute atomic E-state index is 13.1. The van der Waals surface area contributed by atoms with Crippen molar-refractivity contribution >= 4 is 28.9 Å². The van der Waals surface area contributed by atoms with Crippen molar-refractivity contribution < 1.29 is 41.5 Å². The van der Waals surface area contributed by atoms with Crippen LogP contribution in [0.4, 0.5) is 22.8 Å². The molecule has 49 heavy (non-hydrogen) atoms. The maximum atomic E-state index is 13.1. The first-order valence-corrected chi connectivity index (χ1v) is 15.7. The molecule has 0 radical (unpaired) electrons. The van der Waals surface area contributed by atoms with E-state index >= 15 is 0 Å². The molecule has 1 N–H and O–H groups in total. The van der Waals surface area contributed by atoms with E-state index in [0.29, 0.717) is 42.1 Å². The van der Waals surface area contributed by atoms with Gasteiger partial charge in [-0.2, -0.15) is 18.2 Å². The van der Waals surface area contributed by atoms with Crippen LogP contribution in [0.15, 0.2) is 70.2 Å². The second-order valence-corrected chi connectivity index (χ2v) is 13.6. The van der Waals surface area contributed by atoms with Crippen LogP contribution in [0.5, 0.6) is 5.75 Å². The van der Waals surface area contributed by atoms with Gasteiger partial charge in [0.25, 0.3) is 0 Å². The summed E-state index contributed by atoms with van der Waals surface area (Å²) in [7, 11) is 0. The molecule has 4 aromatic rings. The number of likely N-dealkylation sites (tertiary alicyclic amines) is 1. The summed E-state index contributed by atoms with van der Waals surface area (Å²) in [6.07, 6.45) is -4.81. The second-order valence-electron chi connectivity index (χ2n) is 13.6. The second kappa shape index (κ2) is 13.8. The Morgan fingerprint density at radius 2 is 1.67 bits per heavy atom. The van der Waals surface area contributed by atoms with Crippen molar-refractivity contribution in [2.75, 3.05) is 6.54 Å². The predicted octanol–water partition coefficient (Wildman–Crippen LogP) is 8.44. The number of carbonyl (C=O) groups is 2. The minimum atomic E-state index is -4.43. The third kappa shape index (κ3) is 9.48. The number of fused-ring (bicyclic) bond motifs is 1. The summed E-state index contributed by atoms with van der Waals surface area (Å²) in [5.74, 6) is 1.06. The molecule has 5 rings (SSSR count). The molecule has 1 aromatic heterocycles. The number of carbonyl (C=O) groups excluding carboxylic acids is 2. The van der Waals surface area contributed by atoms with Crippen molar-refractivity contribution in [3.63, 3.8) is 0 Å². The molecule has 1 aliphatic rings. The standard InChI is InChI=1S/C35H38F3N5O6/c1-33(2,3)47-31(44)40-30(41-32(45)48-34(4,5)6)43-16-8-11-27(43)29-39-28(42-49-29)24-13-12-23-19-26(15-14-22(23)18-24)46-20-21-9-7-10-25(17-21)35(36,37)38/h7,9-10,12-15,17-19,27H,8,11,16,20H2,1-6H3,(H,40,41,44,45). The van der Waals surface area contributed by atoms with Gasteiger partial charge in [-0.05, 0) is 101 Å². The summed E-state index contributed by atoms with van der Waals surface area (Å²) in [5, 5.41) is 8.48. The fourth-order valence-corrected chi connectivity index (χ4v) is 5.15. The van der Waals surface area contributed by atoms with Crippen molar-refractivity contribution in [1.82, 2.24) is 20.4 Å². The summed E-state index contributed by atoms with van der Waals surface area (Å²) < 4.78 is 61.4. The Bertz CT molecular complexity index is 1860. The summed E-state index contributed by atoms with van der Waals surface area (Å²) in [4.78, 5) is 35.8. The Balaban J connectivity index is 1.32. The number of hydrogen-bond acceptors (Lipinski definition) is 8. The van der Waals surface area contributed by atoms with Crippen LogP contribution in [0.1, 0.15) is 77.4 Å². The van der Waals surface area contributed by atoms with Gasteiger partial charge in [0.05, 0.1) is 5.56 Å². The quantitative estimate of drug-likeness (QED) is 0.163. The first-order chi connectivity index (χ1) is 22.9. The summed E-state index contributed by atoms with van der Waals surface area (Å²) in [6, 6.07) is 15.5. The van der Waals surface area contributed by atoms with Crippen LogP contribution in [-0.4, -0.2) is 50.9 Å². The first-order valence-electron chi connectivity index (χ1n) is 15.7. The molecule has 2 heterocycles. The van der Waals surface area contributed by atoms with E-state index in [1.165, 1.54) is 6.07 Å². The number of aromatic nitrogens is 2. The lowest BCUT2D eigenvalue weighted by molar-refractivity contribution is -0.137. The number of halogens is 3. The number of guanidine groups is 1. The average Bonchev–Trinajstić information content (AvgIpc) is 3.68. The molecule has 0 saturated carbocycles. The Morgan fingerprint density at radius 1 is 0.959 bits per heavy atom. The molecular formula is C35H38F3N5O6. The van der Waals surface area contributed by atoms with Crippen LogP contribution in [0.25, 0.3) is 22.2 Å². The van der Waals surface area contributed by atoms with Crippen LogP contribution in [0.3, 0.4) is 0 Å². The minimum Gasteiger partial charge on any atom is -0.489 e. The van der Waals surface area contributed by atoms with Crippen LogP contribution in [0.2, 0.25) is 0 Å². The lowest BCUT2D eigenvalue weighted by Gasteiger charge is -2.27. The van der Waals surface area contributed by atoms with Gasteiger partial charge in [0.1, 0.15) is 29.6 Å². The van der Waals surface area contributed by atoms with E-state index in [2.05, 4.69) is 20.4 Å². The monoisotopic (exact) mass is 681 g/mol. The topological polar surface area (TPSA) is 128 Å². The van der Waals surface area contributed by atoms with E-state index in [0.717, 1.165) is 22.9 Å². The molecule has 14 heteroatoms. The largest absolute Gasteiger partial charge is 0.489 e. The zero-order valence-corrected chi connectivity index (χ0v) is 28.1. The highest BCUT2D eigenvalue weighted by Crippen LogP contribution is 2.34. The third-order valence-corrected chi connectivity index (χ3v) is 7.18. The van der Waals surface area contributed by atoms with Gasteiger partial charge in [-0.15, -0.1) is 4.99 Å². The lowest BCUT2D eigenvalue weighted by Crippen LogP contribution is -2.46. The van der Waals surface area contributed by atoms with Gasteiger partial charge in [-0.25, -0.2) is 9.59 Å². The normalized spacial score (nSPS) is 15.7. The van der Waals surface area contributed by atoms with Crippen LogP contribution in [0, 0.1) is 0 Å². The van der Waals surface area contributed by atoms with Crippen molar-refractivity contribution in [3.8, 4) is 17.1 Å². The molecular weight excluding hydrogens is 643 g/mol. The molecule has 0 aliphatic carbocycles. The fraction of sp³-hybridized carbons (Fsp3) is 0.400. The molecule has 1 aliphatic heterocycles. The Morgan fingerprint density at radius 3 is 2.39 bits per heavy atom. The highest BCUT2D eigenvalue weighted by molar-refractivity contribution is 5.99. The molecule has 1 saturated heterocycles. The number of alkyl carbamates (subject to hydrolysis) is 1. The number of nitrogens with one attached hydrogen (secondary N) is 1. The first kappa shape index (κ1) is 35.2. The SMILES string of the molecule is CC(C)(C)OC(=O)N=C(NC(=O)OC(C)(C)C)N1CCCC1c1nc(-c2ccc3cc(OCc4cccc(C(F)(F)F)c4)ccc3c2)no1. The van der Waals surface area contributed by atoms with E-state index in [1.807, 2.05) is 24.3 Å². The molecule has 260 valence electrons. The predicted molar refractivity (Wildman–Crippen MR) is 175 cm³/mol. The van der Waals surface area contributed by atoms with Gasteiger partial charge < -0.3 is 23.6 Å². The highest BCUT2D eigenvalue weighted by Gasteiger charge is 2.35. The van der Waals surface area contributed by atoms with E-state index < -0.39 is 41.2 Å². The van der Waals surface area contributed by atoms with E-state index in [9.17, 15) is 22.8 Å². The number of alkyl halides is 3. The van der Waals surface area contributed by atoms with Crippen LogP contribution in [-0.2, 0) is 22.3 Å². The van der Waals surface area contributed by atoms with Crippen molar-refractivity contribution in [1.29, 1.82) is 0 Å². The number of ether oxygens (including phenoxy) is 3. The Hall–Kier alpha value is -5.14. The summed E-state index contributed by atoms with van der Waals surface area (Å²) in [6.45, 7) is 10.7. The number of hydrogen-bond donors (Lipinski definition) is 1. The van der Waals surface area contributed by atoms with Crippen LogP contribution >= 0.6 is 0 Å². The van der Waals surface area contributed by atoms with Gasteiger partial charge in [0.2, 0.25) is 17.7 Å². The Labute approximate surface area is 281 Å². The van der Waals surface area contributed by atoms with Gasteiger partial charge in [0, 0.05) is 12.1 Å². The van der Waals surface area contributed by atoms with Gasteiger partial charge in [0.15, 0.2) is 0 Å². The van der Waals surface area contributed by atoms with Gasteiger partial charge in [-0.1, -0.05) is 35.5 Å². The maximum Gasteiger partial charge on any atom is 0.437 e. The number of amides is 2. The average molecular weight is 682 g/mol. The summed E-state index contributed by atoms with van der Waals surface area (Å²) >= 11 is 0. The zero-order valence-electron chi connectivity index (χ0n) is 28.1. The molecule has 0 bridgehead atoms. The van der Waals surface area contributed by atoms with Crippen LogP contribution < -0.4 is 10.1 Å².